The summed E-state index contributed by atoms with van der Waals surface area (Å²) < 4.78 is 39.6. The van der Waals surface area contributed by atoms with Gasteiger partial charge in [-0.25, -0.2) is 8.78 Å². The third-order valence-corrected chi connectivity index (χ3v) is 6.49. The number of nitrogens with zero attached hydrogens (tertiary/aromatic N) is 2. The van der Waals surface area contributed by atoms with Crippen molar-refractivity contribution in [2.24, 2.45) is 4.99 Å². The van der Waals surface area contributed by atoms with E-state index in [1.54, 1.807) is 25.8 Å². The highest BCUT2D eigenvalue weighted by atomic mass is 32.2. The molecule has 32 heavy (non-hydrogen) atoms. The van der Waals surface area contributed by atoms with Gasteiger partial charge in [0, 0.05) is 17.4 Å². The minimum absolute atomic E-state index is 0.0195. The fraction of sp³-hybridized carbons (Fsp3) is 0.318. The van der Waals surface area contributed by atoms with Crippen molar-refractivity contribution in [2.45, 2.75) is 31.2 Å². The molecule has 10 heteroatoms. The molecule has 0 aliphatic carbocycles. The van der Waals surface area contributed by atoms with E-state index in [2.05, 4.69) is 4.99 Å². The monoisotopic (exact) mass is 480 g/mol. The number of halogens is 2. The lowest BCUT2D eigenvalue weighted by molar-refractivity contribution is -0.143. The number of aromatic nitrogens is 1. The van der Waals surface area contributed by atoms with Crippen LogP contribution in [0, 0.1) is 11.6 Å². The minimum atomic E-state index is -0.828. The Kier molecular flexibility index (Phi) is 8.40. The molecule has 0 fully saturated rings. The maximum absolute atomic E-state index is 14.4. The van der Waals surface area contributed by atoms with Gasteiger partial charge in [-0.1, -0.05) is 11.3 Å². The topological polar surface area (TPSA) is 69.9 Å². The number of esters is 1. The first-order chi connectivity index (χ1) is 15.4. The number of carbonyl (C=O) groups is 2. The minimum Gasteiger partial charge on any atom is -0.497 e. The largest absolute Gasteiger partial charge is 0.497 e. The summed E-state index contributed by atoms with van der Waals surface area (Å²) in [6, 6.07) is 9.51. The van der Waals surface area contributed by atoms with E-state index >= 15 is 0 Å². The lowest BCUT2D eigenvalue weighted by Gasteiger charge is -2.06. The van der Waals surface area contributed by atoms with Gasteiger partial charge in [-0.05, 0) is 49.4 Å². The van der Waals surface area contributed by atoms with E-state index in [0.29, 0.717) is 12.2 Å². The van der Waals surface area contributed by atoms with Crippen molar-refractivity contribution in [2.75, 3.05) is 19.5 Å². The number of rotatable bonds is 9. The number of amides is 1. The molecule has 0 bridgehead atoms. The van der Waals surface area contributed by atoms with Crippen molar-refractivity contribution in [3.8, 4) is 5.75 Å². The smallest absolute Gasteiger partial charge is 0.326 e. The molecule has 2 aromatic carbocycles. The number of benzene rings is 2. The SMILES string of the molecule is CCOC(=O)Cn1c(=NC(=O)CCCSc2ccc(OC)cc2)sc2cc(F)cc(F)c21. The molecule has 0 aliphatic rings. The predicted molar refractivity (Wildman–Crippen MR) is 120 cm³/mol. The average Bonchev–Trinajstić information content (AvgIpc) is 3.08. The van der Waals surface area contributed by atoms with Crippen LogP contribution in [0.15, 0.2) is 46.3 Å². The molecule has 1 aromatic heterocycles. The Labute approximate surface area is 191 Å². The van der Waals surface area contributed by atoms with E-state index < -0.39 is 23.5 Å². The van der Waals surface area contributed by atoms with Gasteiger partial charge in [-0.15, -0.1) is 11.8 Å². The summed E-state index contributed by atoms with van der Waals surface area (Å²) in [7, 11) is 1.61. The highest BCUT2D eigenvalue weighted by molar-refractivity contribution is 7.99. The highest BCUT2D eigenvalue weighted by Gasteiger charge is 2.16. The quantitative estimate of drug-likeness (QED) is 0.255. The third kappa shape index (κ3) is 6.17. The fourth-order valence-electron chi connectivity index (χ4n) is 2.94. The van der Waals surface area contributed by atoms with Crippen molar-refractivity contribution in [1.82, 2.24) is 4.57 Å². The van der Waals surface area contributed by atoms with Gasteiger partial charge in [0.25, 0.3) is 0 Å². The number of thiazole rings is 1. The molecule has 1 amide bonds. The van der Waals surface area contributed by atoms with Crippen LogP contribution in [0.2, 0.25) is 0 Å². The van der Waals surface area contributed by atoms with E-state index in [1.807, 2.05) is 24.3 Å². The van der Waals surface area contributed by atoms with Crippen LogP contribution < -0.4 is 9.54 Å². The second-order valence-electron chi connectivity index (χ2n) is 6.64. The van der Waals surface area contributed by atoms with Gasteiger partial charge in [0.15, 0.2) is 10.6 Å². The predicted octanol–water partition coefficient (Wildman–Crippen LogP) is 4.55. The van der Waals surface area contributed by atoms with Gasteiger partial charge in [0.1, 0.15) is 18.1 Å². The van der Waals surface area contributed by atoms with Crippen LogP contribution in [0.1, 0.15) is 19.8 Å². The molecule has 3 rings (SSSR count). The first kappa shape index (κ1) is 23.9. The zero-order valence-electron chi connectivity index (χ0n) is 17.6. The van der Waals surface area contributed by atoms with E-state index in [9.17, 15) is 18.4 Å². The summed E-state index contributed by atoms with van der Waals surface area (Å²) in [6.07, 6.45) is 0.776. The molecular weight excluding hydrogens is 458 g/mol. The summed E-state index contributed by atoms with van der Waals surface area (Å²) in [4.78, 5) is 29.7. The Bertz CT molecular complexity index is 1170. The van der Waals surface area contributed by atoms with Crippen LogP contribution in [0.5, 0.6) is 5.75 Å². The lowest BCUT2D eigenvalue weighted by atomic mass is 10.3. The average molecular weight is 481 g/mol. The molecule has 6 nitrogen and oxygen atoms in total. The molecule has 0 radical (unpaired) electrons. The van der Waals surface area contributed by atoms with Gasteiger partial charge in [0.2, 0.25) is 5.91 Å². The maximum atomic E-state index is 14.4. The Balaban J connectivity index is 1.73. The molecular formula is C22H22F2N2O4S2. The second-order valence-corrected chi connectivity index (χ2v) is 8.82. The summed E-state index contributed by atoms with van der Waals surface area (Å²) in [5.41, 5.74) is 0.0195. The number of carbonyl (C=O) groups excluding carboxylic acids is 2. The van der Waals surface area contributed by atoms with Crippen LogP contribution in [0.25, 0.3) is 10.2 Å². The number of ether oxygens (including phenoxy) is 2. The van der Waals surface area contributed by atoms with Crippen LogP contribution >= 0.6 is 23.1 Å². The molecule has 3 aromatic rings. The molecule has 0 spiro atoms. The van der Waals surface area contributed by atoms with E-state index in [1.165, 1.54) is 4.57 Å². The summed E-state index contributed by atoms with van der Waals surface area (Å²) in [5.74, 6) is -1.08. The fourth-order valence-corrected chi connectivity index (χ4v) is 4.88. The number of thioether (sulfide) groups is 1. The zero-order chi connectivity index (χ0) is 23.1. The number of fused-ring (bicyclic) bond motifs is 1. The number of hydrogen-bond acceptors (Lipinski definition) is 6. The van der Waals surface area contributed by atoms with Crippen molar-refractivity contribution in [3.63, 3.8) is 0 Å². The molecule has 0 atom stereocenters. The van der Waals surface area contributed by atoms with Crippen molar-refractivity contribution in [3.05, 3.63) is 52.8 Å². The summed E-state index contributed by atoms with van der Waals surface area (Å²) in [5, 5.41) is 0. The second kappa shape index (κ2) is 11.2. The van der Waals surface area contributed by atoms with Gasteiger partial charge >= 0.3 is 5.97 Å². The third-order valence-electron chi connectivity index (χ3n) is 4.37. The van der Waals surface area contributed by atoms with Gasteiger partial charge in [-0.3, -0.25) is 9.59 Å². The Morgan fingerprint density at radius 2 is 1.94 bits per heavy atom. The molecule has 0 saturated heterocycles. The van der Waals surface area contributed by atoms with Gasteiger partial charge in [0.05, 0.1) is 23.9 Å². The molecule has 170 valence electrons. The van der Waals surface area contributed by atoms with Gasteiger partial charge in [-0.2, -0.15) is 4.99 Å². The summed E-state index contributed by atoms with van der Waals surface area (Å²) in [6.45, 7) is 1.49. The number of methoxy groups -OCH3 is 1. The molecule has 0 saturated carbocycles. The Hall–Kier alpha value is -2.72. The van der Waals surface area contributed by atoms with Crippen LogP contribution in [0.3, 0.4) is 0 Å². The zero-order valence-corrected chi connectivity index (χ0v) is 19.2. The van der Waals surface area contributed by atoms with Crippen molar-refractivity contribution in [1.29, 1.82) is 0 Å². The summed E-state index contributed by atoms with van der Waals surface area (Å²) >= 11 is 2.56. The Morgan fingerprint density at radius 3 is 2.62 bits per heavy atom. The van der Waals surface area contributed by atoms with E-state index in [4.69, 9.17) is 9.47 Å². The molecule has 0 N–H and O–H groups in total. The first-order valence-electron chi connectivity index (χ1n) is 9.89. The van der Waals surface area contributed by atoms with Crippen LogP contribution in [-0.4, -0.2) is 35.9 Å². The first-order valence-corrected chi connectivity index (χ1v) is 11.7. The molecule has 0 aliphatic heterocycles. The van der Waals surface area contributed by atoms with Crippen molar-refractivity contribution < 1.29 is 27.8 Å². The standard InChI is InChI=1S/C22H22F2N2O4S2/c1-3-30-20(28)13-26-21-17(24)11-14(23)12-18(21)32-22(26)25-19(27)5-4-10-31-16-8-6-15(29-2)7-9-16/h6-9,11-12H,3-5,10,13H2,1-2H3. The molecule has 1 heterocycles. The van der Waals surface area contributed by atoms with Gasteiger partial charge < -0.3 is 14.0 Å². The van der Waals surface area contributed by atoms with Crippen LogP contribution in [-0.2, 0) is 20.9 Å². The molecule has 0 unspecified atom stereocenters. The Morgan fingerprint density at radius 1 is 1.19 bits per heavy atom. The normalized spacial score (nSPS) is 11.7. The maximum Gasteiger partial charge on any atom is 0.326 e. The van der Waals surface area contributed by atoms with Crippen molar-refractivity contribution >= 4 is 45.2 Å². The van der Waals surface area contributed by atoms with E-state index in [-0.39, 0.29) is 34.6 Å². The van der Waals surface area contributed by atoms with E-state index in [0.717, 1.165) is 34.1 Å². The number of hydrogen-bond donors (Lipinski definition) is 0. The van der Waals surface area contributed by atoms with Crippen LogP contribution in [0.4, 0.5) is 8.78 Å². The highest BCUT2D eigenvalue weighted by Crippen LogP contribution is 2.23. The lowest BCUT2D eigenvalue weighted by Crippen LogP contribution is -2.23.